The van der Waals surface area contributed by atoms with Crippen molar-refractivity contribution in [3.63, 3.8) is 0 Å². The summed E-state index contributed by atoms with van der Waals surface area (Å²) in [4.78, 5) is 11.7. The van der Waals surface area contributed by atoms with E-state index in [2.05, 4.69) is 18.8 Å². The van der Waals surface area contributed by atoms with Gasteiger partial charge >= 0.3 is 0 Å². The van der Waals surface area contributed by atoms with Crippen molar-refractivity contribution in [2.75, 3.05) is 19.0 Å². The van der Waals surface area contributed by atoms with E-state index in [1.807, 2.05) is 0 Å². The number of anilines is 1. The van der Waals surface area contributed by atoms with Gasteiger partial charge in [0.15, 0.2) is 0 Å². The van der Waals surface area contributed by atoms with Gasteiger partial charge in [-0.05, 0) is 48.9 Å². The van der Waals surface area contributed by atoms with Crippen molar-refractivity contribution in [3.05, 3.63) is 54.9 Å². The molecule has 0 aliphatic rings. The van der Waals surface area contributed by atoms with E-state index < -0.39 is 0 Å². The minimum atomic E-state index is -0.387. The summed E-state index contributed by atoms with van der Waals surface area (Å²) in [6.07, 6.45) is 3.07. The molecule has 0 aliphatic heterocycles. The Kier molecular flexibility index (Phi) is 6.57. The van der Waals surface area contributed by atoms with Gasteiger partial charge in [-0.3, -0.25) is 4.79 Å². The summed E-state index contributed by atoms with van der Waals surface area (Å²) in [5, 5.41) is 2.73. The first kappa shape index (κ1) is 18.5. The van der Waals surface area contributed by atoms with Crippen LogP contribution in [0.1, 0.15) is 19.8 Å². The van der Waals surface area contributed by atoms with Gasteiger partial charge in [0.1, 0.15) is 17.3 Å². The van der Waals surface area contributed by atoms with Crippen LogP contribution in [0.15, 0.2) is 49.1 Å². The van der Waals surface area contributed by atoms with Gasteiger partial charge in [-0.15, -0.1) is 0 Å². The third kappa shape index (κ3) is 4.83. The lowest BCUT2D eigenvalue weighted by Gasteiger charge is -2.16. The molecule has 0 saturated heterocycles. The molecule has 0 aromatic heterocycles. The number of nitrogens with one attached hydrogen (secondary N) is 1. The van der Waals surface area contributed by atoms with Crippen LogP contribution in [0.2, 0.25) is 0 Å². The fraction of sp³-hybridized carbons (Fsp3) is 0.250. The normalized spacial score (nSPS) is 10.2. The van der Waals surface area contributed by atoms with Crippen LogP contribution < -0.4 is 14.8 Å². The summed E-state index contributed by atoms with van der Waals surface area (Å²) >= 11 is 0. The maximum Gasteiger partial charge on any atom is 0.247 e. The Morgan fingerprint density at radius 1 is 1.24 bits per heavy atom. The Balaban J connectivity index is 2.52. The Bertz CT molecular complexity index is 759. The average molecular weight is 343 g/mol. The van der Waals surface area contributed by atoms with Crippen LogP contribution in [0.5, 0.6) is 11.5 Å². The molecule has 0 heterocycles. The van der Waals surface area contributed by atoms with Gasteiger partial charge in [-0.1, -0.05) is 19.9 Å². The van der Waals surface area contributed by atoms with Gasteiger partial charge in [0, 0.05) is 16.8 Å². The van der Waals surface area contributed by atoms with Crippen LogP contribution in [0.4, 0.5) is 10.1 Å². The number of halogens is 1. The Morgan fingerprint density at radius 3 is 2.72 bits per heavy atom. The number of carbonyl (C=O) groups excluding carboxylic acids is 1. The fourth-order valence-electron chi connectivity index (χ4n) is 2.33. The van der Waals surface area contributed by atoms with E-state index in [1.165, 1.54) is 18.2 Å². The summed E-state index contributed by atoms with van der Waals surface area (Å²) in [6, 6.07) is 9.50. The van der Waals surface area contributed by atoms with Crippen molar-refractivity contribution < 1.29 is 18.7 Å². The van der Waals surface area contributed by atoms with E-state index in [4.69, 9.17) is 9.47 Å². The predicted molar refractivity (Wildman–Crippen MR) is 97.6 cm³/mol. The summed E-state index contributed by atoms with van der Waals surface area (Å²) in [5.74, 6) is 0.408. The van der Waals surface area contributed by atoms with Gasteiger partial charge in [0.25, 0.3) is 0 Å². The molecule has 0 unspecified atom stereocenters. The highest BCUT2D eigenvalue weighted by Crippen LogP contribution is 2.38. The molecule has 2 aromatic carbocycles. The molecule has 0 radical (unpaired) electrons. The molecule has 2 rings (SSSR count). The topological polar surface area (TPSA) is 47.6 Å². The largest absolute Gasteiger partial charge is 0.497 e. The van der Waals surface area contributed by atoms with Crippen molar-refractivity contribution in [1.82, 2.24) is 0 Å². The first-order valence-corrected chi connectivity index (χ1v) is 8.13. The third-order valence-electron chi connectivity index (χ3n) is 3.66. The van der Waals surface area contributed by atoms with Gasteiger partial charge in [-0.2, -0.15) is 0 Å². The Hall–Kier alpha value is -2.82. The lowest BCUT2D eigenvalue weighted by molar-refractivity contribution is -0.111. The van der Waals surface area contributed by atoms with Gasteiger partial charge in [0.05, 0.1) is 13.7 Å². The molecule has 0 atom stereocenters. The molecule has 2 aromatic rings. The quantitative estimate of drug-likeness (QED) is 0.553. The van der Waals surface area contributed by atoms with E-state index in [9.17, 15) is 9.18 Å². The van der Waals surface area contributed by atoms with Crippen LogP contribution in [-0.4, -0.2) is 19.6 Å². The van der Waals surface area contributed by atoms with Crippen molar-refractivity contribution >= 4 is 11.6 Å². The summed E-state index contributed by atoms with van der Waals surface area (Å²) in [7, 11) is 1.55. The molecule has 0 saturated carbocycles. The number of benzene rings is 2. The van der Waals surface area contributed by atoms with E-state index in [-0.39, 0.29) is 11.7 Å². The second kappa shape index (κ2) is 8.87. The molecular weight excluding hydrogens is 321 g/mol. The number of ether oxygens (including phenoxy) is 2. The number of carbonyl (C=O) groups is 1. The predicted octanol–water partition coefficient (Wildman–Crippen LogP) is 4.80. The van der Waals surface area contributed by atoms with E-state index >= 15 is 0 Å². The molecule has 132 valence electrons. The number of unbranched alkanes of at least 4 members (excludes halogenated alkanes) is 1. The molecule has 4 nitrogen and oxygen atoms in total. The van der Waals surface area contributed by atoms with Crippen molar-refractivity contribution in [2.24, 2.45) is 0 Å². The molecule has 5 heteroatoms. The van der Waals surface area contributed by atoms with Crippen LogP contribution >= 0.6 is 0 Å². The fourth-order valence-corrected chi connectivity index (χ4v) is 2.33. The van der Waals surface area contributed by atoms with Crippen molar-refractivity contribution in [1.29, 1.82) is 0 Å². The SMILES string of the molecule is C=CC(=O)Nc1ccc(OC)cc1-c1cc(F)ccc1OCCCC. The molecule has 25 heavy (non-hydrogen) atoms. The number of hydrogen-bond acceptors (Lipinski definition) is 3. The van der Waals surface area contributed by atoms with E-state index in [0.717, 1.165) is 12.8 Å². The zero-order chi connectivity index (χ0) is 18.2. The monoisotopic (exact) mass is 343 g/mol. The van der Waals surface area contributed by atoms with E-state index in [1.54, 1.807) is 31.4 Å². The summed E-state index contributed by atoms with van der Waals surface area (Å²) in [6.45, 7) is 6.06. The zero-order valence-electron chi connectivity index (χ0n) is 14.5. The number of methoxy groups -OCH3 is 1. The molecule has 0 bridgehead atoms. The van der Waals surface area contributed by atoms with Crippen molar-refractivity contribution in [3.8, 4) is 22.6 Å². The van der Waals surface area contributed by atoms with E-state index in [0.29, 0.717) is 34.9 Å². The van der Waals surface area contributed by atoms with Crippen molar-refractivity contribution in [2.45, 2.75) is 19.8 Å². The van der Waals surface area contributed by atoms with Crippen LogP contribution in [0, 0.1) is 5.82 Å². The number of amides is 1. The maximum absolute atomic E-state index is 13.9. The zero-order valence-corrected chi connectivity index (χ0v) is 14.5. The van der Waals surface area contributed by atoms with Gasteiger partial charge in [-0.25, -0.2) is 4.39 Å². The molecule has 1 amide bonds. The maximum atomic E-state index is 13.9. The van der Waals surface area contributed by atoms with Crippen LogP contribution in [0.3, 0.4) is 0 Å². The average Bonchev–Trinajstić information content (AvgIpc) is 2.63. The van der Waals surface area contributed by atoms with Crippen LogP contribution in [0.25, 0.3) is 11.1 Å². The highest BCUT2D eigenvalue weighted by atomic mass is 19.1. The summed E-state index contributed by atoms with van der Waals surface area (Å²) in [5.41, 5.74) is 1.69. The first-order valence-electron chi connectivity index (χ1n) is 8.13. The highest BCUT2D eigenvalue weighted by Gasteiger charge is 2.15. The highest BCUT2D eigenvalue weighted by molar-refractivity contribution is 6.02. The summed E-state index contributed by atoms with van der Waals surface area (Å²) < 4.78 is 24.9. The third-order valence-corrected chi connectivity index (χ3v) is 3.66. The number of rotatable bonds is 8. The molecule has 0 aliphatic carbocycles. The Labute approximate surface area is 147 Å². The minimum Gasteiger partial charge on any atom is -0.497 e. The van der Waals surface area contributed by atoms with Crippen LogP contribution in [-0.2, 0) is 4.79 Å². The Morgan fingerprint density at radius 2 is 2.04 bits per heavy atom. The van der Waals surface area contributed by atoms with Gasteiger partial charge < -0.3 is 14.8 Å². The van der Waals surface area contributed by atoms with Gasteiger partial charge in [0.2, 0.25) is 5.91 Å². The number of hydrogen-bond donors (Lipinski definition) is 1. The standard InChI is InChI=1S/C20H22FNO3/c1-4-6-11-25-19-10-7-14(21)12-17(19)16-13-15(24-3)8-9-18(16)22-20(23)5-2/h5,7-10,12-13H,2,4,6,11H2,1,3H3,(H,22,23). The smallest absolute Gasteiger partial charge is 0.247 e. The lowest BCUT2D eigenvalue weighted by Crippen LogP contribution is -2.09. The minimum absolute atomic E-state index is 0.351. The first-order chi connectivity index (χ1) is 12.1. The lowest BCUT2D eigenvalue weighted by atomic mass is 10.0. The molecular formula is C20H22FNO3. The second-order valence-electron chi connectivity index (χ2n) is 5.45. The second-order valence-corrected chi connectivity index (χ2v) is 5.45. The molecule has 0 spiro atoms. The molecule has 0 fully saturated rings. The molecule has 1 N–H and O–H groups in total.